The van der Waals surface area contributed by atoms with Crippen molar-refractivity contribution in [3.8, 4) is 0 Å². The molecule has 0 saturated carbocycles. The van der Waals surface area contributed by atoms with Gasteiger partial charge in [0.05, 0.1) is 17.2 Å². The van der Waals surface area contributed by atoms with Crippen molar-refractivity contribution in [3.05, 3.63) is 16.1 Å². The predicted molar refractivity (Wildman–Crippen MR) is 99.1 cm³/mol. The first kappa shape index (κ1) is 17.6. The molecule has 1 aliphatic rings. The van der Waals surface area contributed by atoms with Crippen LogP contribution in [0.1, 0.15) is 57.2 Å². The lowest BCUT2D eigenvalue weighted by Crippen LogP contribution is -2.43. The summed E-state index contributed by atoms with van der Waals surface area (Å²) in [4.78, 5) is 9.32. The number of nitrogens with one attached hydrogen (secondary N) is 2. The molecule has 2 heterocycles. The zero-order chi connectivity index (χ0) is 16.0. The largest absolute Gasteiger partial charge is 0.357 e. The maximum absolute atomic E-state index is 4.68. The third-order valence-electron chi connectivity index (χ3n) is 3.74. The van der Waals surface area contributed by atoms with Crippen LogP contribution in [0.5, 0.6) is 0 Å². The normalized spacial score (nSPS) is 22.3. The van der Waals surface area contributed by atoms with E-state index >= 15 is 0 Å². The molecule has 1 fully saturated rings. The lowest BCUT2D eigenvalue weighted by molar-refractivity contribution is 0.584. The molecule has 1 unspecified atom stereocenters. The number of thiazole rings is 1. The Balaban J connectivity index is 1.91. The van der Waals surface area contributed by atoms with Crippen LogP contribution >= 0.6 is 23.1 Å². The molecule has 1 atom stereocenters. The van der Waals surface area contributed by atoms with Crippen molar-refractivity contribution >= 4 is 29.1 Å². The van der Waals surface area contributed by atoms with Gasteiger partial charge in [0.1, 0.15) is 0 Å². The van der Waals surface area contributed by atoms with Crippen molar-refractivity contribution in [2.75, 3.05) is 18.8 Å². The fourth-order valence-electron chi connectivity index (χ4n) is 2.41. The van der Waals surface area contributed by atoms with E-state index < -0.39 is 0 Å². The summed E-state index contributed by atoms with van der Waals surface area (Å²) in [6, 6.07) is 0. The third kappa shape index (κ3) is 5.16. The van der Waals surface area contributed by atoms with E-state index in [0.717, 1.165) is 24.7 Å². The molecule has 1 aromatic rings. The molecule has 0 aliphatic carbocycles. The van der Waals surface area contributed by atoms with Gasteiger partial charge in [0, 0.05) is 29.1 Å². The molecule has 124 valence electrons. The van der Waals surface area contributed by atoms with Crippen LogP contribution in [0.2, 0.25) is 0 Å². The van der Waals surface area contributed by atoms with Gasteiger partial charge in [0.25, 0.3) is 0 Å². The number of thioether (sulfide) groups is 1. The van der Waals surface area contributed by atoms with Gasteiger partial charge in [0.15, 0.2) is 5.96 Å². The summed E-state index contributed by atoms with van der Waals surface area (Å²) in [5.41, 5.74) is 1.06. The van der Waals surface area contributed by atoms with Crippen molar-refractivity contribution in [1.29, 1.82) is 0 Å². The number of hydrogen-bond donors (Lipinski definition) is 2. The maximum atomic E-state index is 4.68. The quantitative estimate of drug-likeness (QED) is 0.613. The van der Waals surface area contributed by atoms with Crippen LogP contribution in [-0.2, 0) is 6.54 Å². The van der Waals surface area contributed by atoms with Crippen LogP contribution in [0.15, 0.2) is 10.4 Å². The number of hydrogen-bond acceptors (Lipinski definition) is 4. The molecule has 1 saturated heterocycles. The van der Waals surface area contributed by atoms with E-state index in [9.17, 15) is 0 Å². The highest BCUT2D eigenvalue weighted by Crippen LogP contribution is 2.36. The van der Waals surface area contributed by atoms with E-state index in [1.54, 1.807) is 11.3 Å². The molecule has 0 bridgehead atoms. The zero-order valence-corrected chi connectivity index (χ0v) is 15.7. The Labute approximate surface area is 142 Å². The van der Waals surface area contributed by atoms with Gasteiger partial charge in [-0.1, -0.05) is 13.8 Å². The van der Waals surface area contributed by atoms with Crippen LogP contribution < -0.4 is 10.6 Å². The van der Waals surface area contributed by atoms with Crippen LogP contribution in [0.25, 0.3) is 0 Å². The van der Waals surface area contributed by atoms with Crippen molar-refractivity contribution in [1.82, 2.24) is 15.6 Å². The van der Waals surface area contributed by atoms with Gasteiger partial charge in [-0.25, -0.2) is 9.98 Å². The van der Waals surface area contributed by atoms with Gasteiger partial charge in [-0.2, -0.15) is 11.8 Å². The minimum atomic E-state index is 0.349. The first-order valence-corrected chi connectivity index (χ1v) is 9.99. The van der Waals surface area contributed by atoms with Crippen molar-refractivity contribution < 1.29 is 0 Å². The molecule has 1 aromatic heterocycles. The van der Waals surface area contributed by atoms with Crippen LogP contribution in [-0.4, -0.2) is 34.5 Å². The monoisotopic (exact) mass is 340 g/mol. The summed E-state index contributed by atoms with van der Waals surface area (Å²) in [6.07, 6.45) is 2.61. The average molecular weight is 341 g/mol. The Morgan fingerprint density at radius 3 is 2.86 bits per heavy atom. The van der Waals surface area contributed by atoms with Crippen LogP contribution in [0.3, 0.4) is 0 Å². The van der Waals surface area contributed by atoms with Gasteiger partial charge >= 0.3 is 0 Å². The van der Waals surface area contributed by atoms with Gasteiger partial charge in [-0.05, 0) is 32.4 Å². The Morgan fingerprint density at radius 2 is 2.27 bits per heavy atom. The van der Waals surface area contributed by atoms with Gasteiger partial charge in [-0.15, -0.1) is 11.3 Å². The predicted octanol–water partition coefficient (Wildman–Crippen LogP) is 3.61. The number of rotatable bonds is 6. The van der Waals surface area contributed by atoms with Crippen molar-refractivity contribution in [2.24, 2.45) is 4.99 Å². The Hall–Kier alpha value is -0.750. The fourth-order valence-corrected chi connectivity index (χ4v) is 4.48. The molecule has 0 spiro atoms. The summed E-state index contributed by atoms with van der Waals surface area (Å²) in [7, 11) is 0. The average Bonchev–Trinajstić information content (AvgIpc) is 3.11. The second-order valence-electron chi connectivity index (χ2n) is 6.28. The highest BCUT2D eigenvalue weighted by molar-refractivity contribution is 8.00. The summed E-state index contributed by atoms with van der Waals surface area (Å²) < 4.78 is 0.349. The van der Waals surface area contributed by atoms with Crippen LogP contribution in [0.4, 0.5) is 0 Å². The van der Waals surface area contributed by atoms with E-state index in [1.165, 1.54) is 23.6 Å². The number of aliphatic imine (C=N–C) groups is 1. The zero-order valence-electron chi connectivity index (χ0n) is 14.1. The molecule has 2 N–H and O–H groups in total. The molecule has 1 aliphatic heterocycles. The molecule has 0 radical (unpaired) electrons. The smallest absolute Gasteiger partial charge is 0.191 e. The molecule has 6 heteroatoms. The van der Waals surface area contributed by atoms with E-state index in [-0.39, 0.29) is 0 Å². The van der Waals surface area contributed by atoms with Gasteiger partial charge < -0.3 is 10.6 Å². The molecule has 22 heavy (non-hydrogen) atoms. The molecule has 2 rings (SSSR count). The highest BCUT2D eigenvalue weighted by atomic mass is 32.2. The number of aromatic nitrogens is 1. The highest BCUT2D eigenvalue weighted by Gasteiger charge is 2.29. The van der Waals surface area contributed by atoms with Crippen molar-refractivity contribution in [3.63, 3.8) is 0 Å². The summed E-state index contributed by atoms with van der Waals surface area (Å²) >= 11 is 3.80. The van der Waals surface area contributed by atoms with Gasteiger partial charge in [0.2, 0.25) is 0 Å². The van der Waals surface area contributed by atoms with E-state index in [1.807, 2.05) is 0 Å². The second kappa shape index (κ2) is 8.20. The van der Waals surface area contributed by atoms with Gasteiger partial charge in [-0.3, -0.25) is 0 Å². The summed E-state index contributed by atoms with van der Waals surface area (Å²) in [5, 5.41) is 10.1. The van der Waals surface area contributed by atoms with E-state index in [2.05, 4.69) is 65.4 Å². The molecule has 0 aromatic carbocycles. The second-order valence-corrected chi connectivity index (χ2v) is 8.85. The fraction of sp³-hybridized carbons (Fsp3) is 0.750. The third-order valence-corrected chi connectivity index (χ3v) is 6.47. The Morgan fingerprint density at radius 1 is 1.45 bits per heavy atom. The molecule has 4 nitrogen and oxygen atoms in total. The Kier molecular flexibility index (Phi) is 6.56. The first-order valence-electron chi connectivity index (χ1n) is 8.13. The van der Waals surface area contributed by atoms with E-state index in [0.29, 0.717) is 17.2 Å². The standard InChI is InChI=1S/C16H28N4S2/c1-5-17-15(19-11-16(4)7-6-8-22-16)18-9-13-10-21-14(20-13)12(2)3/h10,12H,5-9,11H2,1-4H3,(H2,17,18,19). The lowest BCUT2D eigenvalue weighted by Gasteiger charge is -2.24. The molecular weight excluding hydrogens is 312 g/mol. The minimum Gasteiger partial charge on any atom is -0.357 e. The maximum Gasteiger partial charge on any atom is 0.191 e. The van der Waals surface area contributed by atoms with Crippen LogP contribution in [0, 0.1) is 0 Å². The minimum absolute atomic E-state index is 0.349. The lowest BCUT2D eigenvalue weighted by atomic mass is 10.1. The Bertz CT molecular complexity index is 490. The topological polar surface area (TPSA) is 49.3 Å². The first-order chi connectivity index (χ1) is 10.5. The number of guanidine groups is 1. The SMILES string of the molecule is CCNC(=NCc1csc(C(C)C)n1)NCC1(C)CCCS1. The van der Waals surface area contributed by atoms with E-state index in [4.69, 9.17) is 0 Å². The number of nitrogens with zero attached hydrogens (tertiary/aromatic N) is 2. The summed E-state index contributed by atoms with van der Waals surface area (Å²) in [6.45, 7) is 11.3. The molecule has 0 amide bonds. The molecular formula is C16H28N4S2. The summed E-state index contributed by atoms with van der Waals surface area (Å²) in [5.74, 6) is 2.67. The van der Waals surface area contributed by atoms with Crippen molar-refractivity contribution in [2.45, 2.75) is 57.7 Å².